The summed E-state index contributed by atoms with van der Waals surface area (Å²) in [5, 5.41) is 0. The molecule has 1 aliphatic heterocycles. The van der Waals surface area contributed by atoms with E-state index < -0.39 is 6.04 Å². The molecule has 0 radical (unpaired) electrons. The van der Waals surface area contributed by atoms with Crippen LogP contribution in [0.5, 0.6) is 11.5 Å². The number of amides is 1. The molecular formula is C20H19NO4. The first-order chi connectivity index (χ1) is 12.1. The molecule has 0 fully saturated rings. The second-order valence-corrected chi connectivity index (χ2v) is 6.33. The molecule has 5 heteroatoms. The number of ketones is 1. The molecule has 0 saturated heterocycles. The Kier molecular flexibility index (Phi) is 3.53. The number of hydrogen-bond donors (Lipinski definition) is 0. The van der Waals surface area contributed by atoms with Gasteiger partial charge in [0.15, 0.2) is 17.3 Å². The lowest BCUT2D eigenvalue weighted by Crippen LogP contribution is -2.44. The van der Waals surface area contributed by atoms with Gasteiger partial charge < -0.3 is 14.4 Å². The maximum atomic E-state index is 13.2. The van der Waals surface area contributed by atoms with Crippen LogP contribution in [0.3, 0.4) is 0 Å². The van der Waals surface area contributed by atoms with Gasteiger partial charge in [0.25, 0.3) is 0 Å². The molecule has 0 saturated carbocycles. The summed E-state index contributed by atoms with van der Waals surface area (Å²) >= 11 is 0. The lowest BCUT2D eigenvalue weighted by Gasteiger charge is -2.40. The molecule has 0 spiro atoms. The van der Waals surface area contributed by atoms with Gasteiger partial charge in [0.1, 0.15) is 6.04 Å². The normalized spacial score (nSPS) is 17.6. The van der Waals surface area contributed by atoms with E-state index in [1.807, 2.05) is 30.3 Å². The summed E-state index contributed by atoms with van der Waals surface area (Å²) in [4.78, 5) is 27.0. The van der Waals surface area contributed by atoms with Crippen molar-refractivity contribution < 1.29 is 19.1 Å². The Labute approximate surface area is 146 Å². The fourth-order valence-corrected chi connectivity index (χ4v) is 4.05. The number of Topliss-reactive ketones (excluding diaryl/α,β-unsaturated/α-hetero) is 1. The molecular weight excluding hydrogens is 318 g/mol. The van der Waals surface area contributed by atoms with Crippen molar-refractivity contribution in [3.8, 4) is 22.6 Å². The standard InChI is InChI=1S/C20H19NO4/c1-11(22)21-9-8-12-10-15(24-2)20(25-3)17-13-6-4-5-7-14(13)19(23)18(21)16(12)17/h4-7,10,18H,8-9H2,1-3H3/t18-/m0/s1. The topological polar surface area (TPSA) is 55.8 Å². The van der Waals surface area contributed by atoms with E-state index in [-0.39, 0.29) is 11.7 Å². The summed E-state index contributed by atoms with van der Waals surface area (Å²) in [7, 11) is 3.21. The van der Waals surface area contributed by atoms with E-state index in [1.165, 1.54) is 6.92 Å². The number of nitrogens with zero attached hydrogens (tertiary/aromatic N) is 1. The number of fused-ring (bicyclic) bond motifs is 2. The van der Waals surface area contributed by atoms with Crippen molar-refractivity contribution in [3.05, 3.63) is 47.0 Å². The highest BCUT2D eigenvalue weighted by Gasteiger charge is 2.43. The third-order valence-corrected chi connectivity index (χ3v) is 5.12. The highest BCUT2D eigenvalue weighted by molar-refractivity contribution is 6.12. The Morgan fingerprint density at radius 1 is 1.16 bits per heavy atom. The maximum Gasteiger partial charge on any atom is 0.220 e. The van der Waals surface area contributed by atoms with E-state index in [9.17, 15) is 9.59 Å². The van der Waals surface area contributed by atoms with Crippen LogP contribution in [0.15, 0.2) is 30.3 Å². The highest BCUT2D eigenvalue weighted by atomic mass is 16.5. The minimum atomic E-state index is -0.592. The largest absolute Gasteiger partial charge is 0.493 e. The molecule has 128 valence electrons. The number of hydrogen-bond acceptors (Lipinski definition) is 4. The number of carbonyl (C=O) groups is 2. The SMILES string of the molecule is COc1cc2c3c(c1OC)-c1ccccc1C(=O)[C@H]3N(C(C)=O)CC2. The van der Waals surface area contributed by atoms with Crippen LogP contribution in [-0.4, -0.2) is 37.4 Å². The van der Waals surface area contributed by atoms with E-state index in [2.05, 4.69) is 0 Å². The highest BCUT2D eigenvalue weighted by Crippen LogP contribution is 2.52. The zero-order valence-corrected chi connectivity index (χ0v) is 14.5. The van der Waals surface area contributed by atoms with E-state index >= 15 is 0 Å². The molecule has 1 heterocycles. The summed E-state index contributed by atoms with van der Waals surface area (Å²) in [5.41, 5.74) is 4.23. The Morgan fingerprint density at radius 2 is 1.88 bits per heavy atom. The van der Waals surface area contributed by atoms with Crippen LogP contribution in [0, 0.1) is 0 Å². The minimum absolute atomic E-state index is 0.0357. The number of carbonyl (C=O) groups excluding carboxylic acids is 2. The minimum Gasteiger partial charge on any atom is -0.493 e. The summed E-state index contributed by atoms with van der Waals surface area (Å²) in [6.07, 6.45) is 0.689. The molecule has 0 N–H and O–H groups in total. The van der Waals surface area contributed by atoms with Crippen LogP contribution < -0.4 is 9.47 Å². The van der Waals surface area contributed by atoms with Crippen LogP contribution in [0.2, 0.25) is 0 Å². The quantitative estimate of drug-likeness (QED) is 0.845. The van der Waals surface area contributed by atoms with Gasteiger partial charge in [-0.25, -0.2) is 0 Å². The van der Waals surface area contributed by atoms with Gasteiger partial charge in [-0.05, 0) is 29.2 Å². The van der Waals surface area contributed by atoms with E-state index in [0.29, 0.717) is 30.0 Å². The van der Waals surface area contributed by atoms with Crippen molar-refractivity contribution in [2.24, 2.45) is 0 Å². The van der Waals surface area contributed by atoms with Gasteiger partial charge in [0.2, 0.25) is 5.91 Å². The summed E-state index contributed by atoms with van der Waals surface area (Å²) < 4.78 is 11.2. The summed E-state index contributed by atoms with van der Waals surface area (Å²) in [6.45, 7) is 2.04. The van der Waals surface area contributed by atoms with Crippen molar-refractivity contribution >= 4 is 11.7 Å². The summed E-state index contributed by atoms with van der Waals surface area (Å²) in [6, 6.07) is 8.83. The number of rotatable bonds is 2. The van der Waals surface area contributed by atoms with Gasteiger partial charge in [-0.3, -0.25) is 9.59 Å². The average molecular weight is 337 g/mol. The van der Waals surface area contributed by atoms with Crippen molar-refractivity contribution in [1.82, 2.24) is 4.90 Å². The molecule has 4 rings (SSSR count). The van der Waals surface area contributed by atoms with Crippen molar-refractivity contribution in [2.45, 2.75) is 19.4 Å². The number of methoxy groups -OCH3 is 2. The molecule has 2 aromatic carbocycles. The Balaban J connectivity index is 2.12. The van der Waals surface area contributed by atoms with Gasteiger partial charge in [-0.15, -0.1) is 0 Å². The van der Waals surface area contributed by atoms with Crippen molar-refractivity contribution in [3.63, 3.8) is 0 Å². The van der Waals surface area contributed by atoms with E-state index in [4.69, 9.17) is 9.47 Å². The Bertz CT molecular complexity index is 903. The molecule has 1 atom stereocenters. The molecule has 0 bridgehead atoms. The van der Waals surface area contributed by atoms with Crippen LogP contribution in [0.4, 0.5) is 0 Å². The second kappa shape index (κ2) is 5.62. The van der Waals surface area contributed by atoms with Crippen LogP contribution in [0.1, 0.15) is 34.5 Å². The Morgan fingerprint density at radius 3 is 2.52 bits per heavy atom. The van der Waals surface area contributed by atoms with Gasteiger partial charge >= 0.3 is 0 Å². The fraction of sp³-hybridized carbons (Fsp3) is 0.300. The molecule has 2 aliphatic rings. The summed E-state index contributed by atoms with van der Waals surface area (Å²) in [5.74, 6) is 1.13. The van der Waals surface area contributed by atoms with E-state index in [0.717, 1.165) is 22.3 Å². The molecule has 0 aromatic heterocycles. The smallest absolute Gasteiger partial charge is 0.220 e. The third kappa shape index (κ3) is 2.08. The van der Waals surface area contributed by atoms with Crippen molar-refractivity contribution in [2.75, 3.05) is 20.8 Å². The van der Waals surface area contributed by atoms with E-state index in [1.54, 1.807) is 19.1 Å². The van der Waals surface area contributed by atoms with Gasteiger partial charge in [-0.1, -0.05) is 24.3 Å². The fourth-order valence-electron chi connectivity index (χ4n) is 4.05. The van der Waals surface area contributed by atoms with Crippen LogP contribution in [0.25, 0.3) is 11.1 Å². The third-order valence-electron chi connectivity index (χ3n) is 5.12. The zero-order valence-electron chi connectivity index (χ0n) is 14.5. The lowest BCUT2D eigenvalue weighted by atomic mass is 9.75. The van der Waals surface area contributed by atoms with Gasteiger partial charge in [0, 0.05) is 24.6 Å². The van der Waals surface area contributed by atoms with Crippen LogP contribution >= 0.6 is 0 Å². The average Bonchev–Trinajstić information content (AvgIpc) is 2.64. The molecule has 2 aromatic rings. The predicted octanol–water partition coefficient (Wildman–Crippen LogP) is 3.01. The van der Waals surface area contributed by atoms with Crippen molar-refractivity contribution in [1.29, 1.82) is 0 Å². The van der Waals surface area contributed by atoms with Gasteiger partial charge in [-0.2, -0.15) is 0 Å². The first-order valence-electron chi connectivity index (χ1n) is 8.27. The zero-order chi connectivity index (χ0) is 17.7. The molecule has 0 unspecified atom stereocenters. The molecule has 5 nitrogen and oxygen atoms in total. The maximum absolute atomic E-state index is 13.2. The predicted molar refractivity (Wildman–Crippen MR) is 93.1 cm³/mol. The number of benzene rings is 2. The first kappa shape index (κ1) is 15.7. The lowest BCUT2D eigenvalue weighted by molar-refractivity contribution is -0.130. The van der Waals surface area contributed by atoms with Crippen LogP contribution in [-0.2, 0) is 11.2 Å². The molecule has 25 heavy (non-hydrogen) atoms. The first-order valence-corrected chi connectivity index (χ1v) is 8.27. The van der Waals surface area contributed by atoms with Gasteiger partial charge in [0.05, 0.1) is 14.2 Å². The molecule has 1 amide bonds. The molecule has 1 aliphatic carbocycles. The monoisotopic (exact) mass is 337 g/mol. The Hall–Kier alpha value is -2.82. The number of ether oxygens (including phenoxy) is 2. The second-order valence-electron chi connectivity index (χ2n) is 6.33.